The molecule has 19 heavy (non-hydrogen) atoms. The van der Waals surface area contributed by atoms with Gasteiger partial charge in [-0.3, -0.25) is 4.79 Å². The fourth-order valence-corrected chi connectivity index (χ4v) is 2.41. The number of carbonyl (C=O) groups is 1. The minimum atomic E-state index is -0.0609. The van der Waals surface area contributed by atoms with Gasteiger partial charge in [-0.25, -0.2) is 4.98 Å². The second kappa shape index (κ2) is 6.79. The number of carbonyl (C=O) groups excluding carboxylic acids is 1. The summed E-state index contributed by atoms with van der Waals surface area (Å²) in [6.45, 7) is 2.85. The van der Waals surface area contributed by atoms with E-state index in [4.69, 9.17) is 0 Å². The van der Waals surface area contributed by atoms with Gasteiger partial charge in [-0.1, -0.05) is 15.9 Å². The van der Waals surface area contributed by atoms with Crippen molar-refractivity contribution in [1.82, 2.24) is 10.3 Å². The minimum absolute atomic E-state index is 0.0609. The van der Waals surface area contributed by atoms with Crippen LogP contribution in [0.25, 0.3) is 0 Å². The van der Waals surface area contributed by atoms with Crippen LogP contribution in [0.15, 0.2) is 34.1 Å². The number of rotatable bonds is 5. The molecule has 2 aromatic rings. The minimum Gasteiger partial charge on any atom is -0.325 e. The van der Waals surface area contributed by atoms with Crippen LogP contribution in [0, 0.1) is 6.92 Å². The lowest BCUT2D eigenvalue weighted by Crippen LogP contribution is -2.27. The Morgan fingerprint density at radius 2 is 2.11 bits per heavy atom. The van der Waals surface area contributed by atoms with Gasteiger partial charge in [0.05, 0.1) is 17.2 Å². The van der Waals surface area contributed by atoms with Gasteiger partial charge in [0.25, 0.3) is 0 Å². The van der Waals surface area contributed by atoms with Crippen molar-refractivity contribution in [3.05, 3.63) is 44.8 Å². The lowest BCUT2D eigenvalue weighted by molar-refractivity contribution is -0.115. The molecular weight excluding hydrogens is 326 g/mol. The Kier molecular flexibility index (Phi) is 5.07. The van der Waals surface area contributed by atoms with Crippen molar-refractivity contribution >= 4 is 38.9 Å². The SMILES string of the molecule is Cc1nc(CNCC(=O)Nc2ccc(Br)cc2)cs1. The third kappa shape index (κ3) is 4.74. The third-order valence-corrected chi connectivity index (χ3v) is 3.74. The average molecular weight is 340 g/mol. The second-order valence-corrected chi connectivity index (χ2v) is 5.99. The van der Waals surface area contributed by atoms with E-state index < -0.39 is 0 Å². The second-order valence-electron chi connectivity index (χ2n) is 4.02. The van der Waals surface area contributed by atoms with Gasteiger partial charge < -0.3 is 10.6 Å². The number of aryl methyl sites for hydroxylation is 1. The van der Waals surface area contributed by atoms with E-state index in [1.165, 1.54) is 0 Å². The fourth-order valence-electron chi connectivity index (χ4n) is 1.53. The van der Waals surface area contributed by atoms with Gasteiger partial charge >= 0.3 is 0 Å². The van der Waals surface area contributed by atoms with E-state index in [1.807, 2.05) is 36.6 Å². The summed E-state index contributed by atoms with van der Waals surface area (Å²) in [5, 5.41) is 8.92. The summed E-state index contributed by atoms with van der Waals surface area (Å²) in [6.07, 6.45) is 0. The number of aromatic nitrogens is 1. The van der Waals surface area contributed by atoms with Gasteiger partial charge in [0.1, 0.15) is 0 Å². The molecule has 0 fully saturated rings. The van der Waals surface area contributed by atoms with E-state index in [0.29, 0.717) is 6.54 Å². The molecule has 2 rings (SSSR count). The Morgan fingerprint density at radius 1 is 1.37 bits per heavy atom. The zero-order valence-electron chi connectivity index (χ0n) is 10.4. The smallest absolute Gasteiger partial charge is 0.238 e. The Bertz CT molecular complexity index is 553. The van der Waals surface area contributed by atoms with Crippen LogP contribution in [0.2, 0.25) is 0 Å². The van der Waals surface area contributed by atoms with Gasteiger partial charge in [0.2, 0.25) is 5.91 Å². The summed E-state index contributed by atoms with van der Waals surface area (Å²) in [5.74, 6) is -0.0609. The van der Waals surface area contributed by atoms with E-state index in [9.17, 15) is 4.79 Å². The molecule has 0 aliphatic heterocycles. The van der Waals surface area contributed by atoms with Gasteiger partial charge in [0.15, 0.2) is 0 Å². The van der Waals surface area contributed by atoms with Crippen LogP contribution >= 0.6 is 27.3 Å². The molecule has 0 aliphatic carbocycles. The van der Waals surface area contributed by atoms with Crippen molar-refractivity contribution in [2.45, 2.75) is 13.5 Å². The standard InChI is InChI=1S/C13H14BrN3OS/c1-9-16-12(8-19-9)6-15-7-13(18)17-11-4-2-10(14)3-5-11/h2-5,8,15H,6-7H2,1H3,(H,17,18). The molecule has 1 amide bonds. The Hall–Kier alpha value is -1.24. The molecular formula is C13H14BrN3OS. The first-order valence-corrected chi connectivity index (χ1v) is 7.48. The maximum atomic E-state index is 11.7. The highest BCUT2D eigenvalue weighted by atomic mass is 79.9. The average Bonchev–Trinajstić information content (AvgIpc) is 2.78. The summed E-state index contributed by atoms with van der Waals surface area (Å²) >= 11 is 4.96. The molecule has 0 spiro atoms. The van der Waals surface area contributed by atoms with Crippen molar-refractivity contribution < 1.29 is 4.79 Å². The van der Waals surface area contributed by atoms with Crippen LogP contribution < -0.4 is 10.6 Å². The number of halogens is 1. The molecule has 2 N–H and O–H groups in total. The molecule has 4 nitrogen and oxygen atoms in total. The molecule has 0 aliphatic rings. The molecule has 1 heterocycles. The van der Waals surface area contributed by atoms with Gasteiger partial charge in [-0.15, -0.1) is 11.3 Å². The Balaban J connectivity index is 1.74. The quantitative estimate of drug-likeness (QED) is 0.880. The van der Waals surface area contributed by atoms with Crippen LogP contribution in [0.5, 0.6) is 0 Å². The van der Waals surface area contributed by atoms with E-state index in [0.717, 1.165) is 20.9 Å². The first-order chi connectivity index (χ1) is 9.13. The number of amides is 1. The summed E-state index contributed by atoms with van der Waals surface area (Å²) in [7, 11) is 0. The number of hydrogen-bond acceptors (Lipinski definition) is 4. The van der Waals surface area contributed by atoms with Crippen LogP contribution in [0.1, 0.15) is 10.7 Å². The molecule has 0 unspecified atom stereocenters. The van der Waals surface area contributed by atoms with Gasteiger partial charge in [-0.05, 0) is 31.2 Å². The van der Waals surface area contributed by atoms with E-state index >= 15 is 0 Å². The van der Waals surface area contributed by atoms with Crippen molar-refractivity contribution in [2.75, 3.05) is 11.9 Å². The summed E-state index contributed by atoms with van der Waals surface area (Å²) in [5.41, 5.74) is 1.76. The molecule has 1 aromatic carbocycles. The van der Waals surface area contributed by atoms with E-state index in [2.05, 4.69) is 31.5 Å². The maximum Gasteiger partial charge on any atom is 0.238 e. The molecule has 0 bridgehead atoms. The number of benzene rings is 1. The number of anilines is 1. The van der Waals surface area contributed by atoms with Gasteiger partial charge in [-0.2, -0.15) is 0 Å². The summed E-state index contributed by atoms with van der Waals surface area (Å²) in [6, 6.07) is 7.49. The first kappa shape index (κ1) is 14.2. The zero-order valence-corrected chi connectivity index (χ0v) is 12.8. The highest BCUT2D eigenvalue weighted by molar-refractivity contribution is 9.10. The molecule has 1 aromatic heterocycles. The monoisotopic (exact) mass is 339 g/mol. The van der Waals surface area contributed by atoms with Crippen molar-refractivity contribution in [3.63, 3.8) is 0 Å². The molecule has 6 heteroatoms. The Morgan fingerprint density at radius 3 is 2.74 bits per heavy atom. The zero-order chi connectivity index (χ0) is 13.7. The molecule has 100 valence electrons. The summed E-state index contributed by atoms with van der Waals surface area (Å²) < 4.78 is 0.988. The van der Waals surface area contributed by atoms with Crippen LogP contribution in [-0.2, 0) is 11.3 Å². The van der Waals surface area contributed by atoms with Crippen molar-refractivity contribution in [2.24, 2.45) is 0 Å². The lowest BCUT2D eigenvalue weighted by atomic mass is 10.3. The van der Waals surface area contributed by atoms with Crippen molar-refractivity contribution in [1.29, 1.82) is 0 Å². The first-order valence-electron chi connectivity index (χ1n) is 5.80. The highest BCUT2D eigenvalue weighted by Crippen LogP contribution is 2.13. The summed E-state index contributed by atoms with van der Waals surface area (Å²) in [4.78, 5) is 16.0. The molecule has 0 saturated carbocycles. The topological polar surface area (TPSA) is 54.0 Å². The largest absolute Gasteiger partial charge is 0.325 e. The van der Waals surface area contributed by atoms with Crippen molar-refractivity contribution in [3.8, 4) is 0 Å². The lowest BCUT2D eigenvalue weighted by Gasteiger charge is -2.06. The predicted molar refractivity (Wildman–Crippen MR) is 81.3 cm³/mol. The maximum absolute atomic E-state index is 11.7. The van der Waals surface area contributed by atoms with Crippen LogP contribution in [0.4, 0.5) is 5.69 Å². The van der Waals surface area contributed by atoms with Gasteiger partial charge in [0, 0.05) is 22.1 Å². The number of nitrogens with zero attached hydrogens (tertiary/aromatic N) is 1. The van der Waals surface area contributed by atoms with Crippen LogP contribution in [0.3, 0.4) is 0 Å². The number of hydrogen-bond donors (Lipinski definition) is 2. The Labute approximate surface area is 124 Å². The van der Waals surface area contributed by atoms with E-state index in [-0.39, 0.29) is 12.5 Å². The predicted octanol–water partition coefficient (Wildman–Crippen LogP) is 2.94. The highest BCUT2D eigenvalue weighted by Gasteiger charge is 2.03. The molecule has 0 radical (unpaired) electrons. The van der Waals surface area contributed by atoms with E-state index in [1.54, 1.807) is 11.3 Å². The number of thiazole rings is 1. The fraction of sp³-hybridized carbons (Fsp3) is 0.231. The third-order valence-electron chi connectivity index (χ3n) is 2.39. The molecule has 0 saturated heterocycles. The molecule has 0 atom stereocenters. The normalized spacial score (nSPS) is 10.4. The van der Waals surface area contributed by atoms with Crippen LogP contribution in [-0.4, -0.2) is 17.4 Å². The number of nitrogens with one attached hydrogen (secondary N) is 2.